The Morgan fingerprint density at radius 3 is 2.28 bits per heavy atom. The summed E-state index contributed by atoms with van der Waals surface area (Å²) >= 11 is 0. The van der Waals surface area contributed by atoms with Gasteiger partial charge >= 0.3 is 6.09 Å². The number of amides is 3. The maximum absolute atomic E-state index is 11.8. The van der Waals surface area contributed by atoms with Crippen LogP contribution in [0.5, 0.6) is 5.75 Å². The summed E-state index contributed by atoms with van der Waals surface area (Å²) in [7, 11) is 1.30. The summed E-state index contributed by atoms with van der Waals surface area (Å²) in [6.07, 6.45) is -0.944. The molecule has 18 heavy (non-hydrogen) atoms. The van der Waals surface area contributed by atoms with E-state index in [0.717, 1.165) is 5.01 Å². The molecular weight excluding hydrogens is 236 g/mol. The molecule has 92 valence electrons. The topological polar surface area (TPSA) is 66.9 Å². The highest BCUT2D eigenvalue weighted by atomic mass is 16.6. The predicted molar refractivity (Wildman–Crippen MR) is 61.2 cm³/mol. The summed E-state index contributed by atoms with van der Waals surface area (Å²) in [4.78, 5) is 34.8. The molecule has 1 fully saturated rings. The van der Waals surface area contributed by atoms with Gasteiger partial charge in [0, 0.05) is 7.05 Å². The predicted octanol–water partition coefficient (Wildman–Crippen LogP) is 0.957. The molecule has 0 radical (unpaired) electrons. The van der Waals surface area contributed by atoms with Crippen molar-refractivity contribution in [2.75, 3.05) is 7.05 Å². The van der Waals surface area contributed by atoms with Crippen molar-refractivity contribution >= 4 is 17.9 Å². The average Bonchev–Trinajstić information content (AvgIpc) is 2.55. The van der Waals surface area contributed by atoms with Gasteiger partial charge in [0.2, 0.25) is 0 Å². The third-order valence-electron chi connectivity index (χ3n) is 2.42. The first-order valence-electron chi connectivity index (χ1n) is 5.10. The van der Waals surface area contributed by atoms with Gasteiger partial charge in [0.15, 0.2) is 0 Å². The van der Waals surface area contributed by atoms with E-state index in [2.05, 4.69) is 6.58 Å². The van der Waals surface area contributed by atoms with Crippen LogP contribution < -0.4 is 4.74 Å². The Kier molecular flexibility index (Phi) is 2.85. The van der Waals surface area contributed by atoms with Crippen LogP contribution in [-0.2, 0) is 9.59 Å². The third kappa shape index (κ3) is 1.84. The maximum Gasteiger partial charge on any atom is 0.442 e. The maximum atomic E-state index is 11.8. The van der Waals surface area contributed by atoms with E-state index in [1.165, 1.54) is 7.05 Å². The van der Waals surface area contributed by atoms with Gasteiger partial charge in [0.1, 0.15) is 11.3 Å². The number of rotatable bonds is 1. The van der Waals surface area contributed by atoms with E-state index in [-0.39, 0.29) is 11.3 Å². The van der Waals surface area contributed by atoms with Crippen molar-refractivity contribution in [1.82, 2.24) is 10.0 Å². The van der Waals surface area contributed by atoms with Gasteiger partial charge in [-0.3, -0.25) is 9.59 Å². The second-order valence-corrected chi connectivity index (χ2v) is 3.61. The lowest BCUT2D eigenvalue weighted by molar-refractivity contribution is -0.139. The monoisotopic (exact) mass is 246 g/mol. The van der Waals surface area contributed by atoms with Crippen LogP contribution in [0.15, 0.2) is 42.5 Å². The lowest BCUT2D eigenvalue weighted by Crippen LogP contribution is -2.44. The summed E-state index contributed by atoms with van der Waals surface area (Å²) in [6, 6.07) is 8.25. The van der Waals surface area contributed by atoms with Crippen LogP contribution in [0.3, 0.4) is 0 Å². The molecule has 1 aromatic rings. The molecule has 1 aliphatic rings. The highest BCUT2D eigenvalue weighted by molar-refractivity contribution is 6.25. The van der Waals surface area contributed by atoms with Gasteiger partial charge in [-0.25, -0.2) is 9.80 Å². The van der Waals surface area contributed by atoms with Crippen molar-refractivity contribution in [3.63, 3.8) is 0 Å². The van der Waals surface area contributed by atoms with Gasteiger partial charge in [-0.1, -0.05) is 24.8 Å². The normalized spacial score (nSPS) is 15.3. The third-order valence-corrected chi connectivity index (χ3v) is 2.42. The zero-order valence-electron chi connectivity index (χ0n) is 9.62. The Labute approximate surface area is 103 Å². The second-order valence-electron chi connectivity index (χ2n) is 3.61. The van der Waals surface area contributed by atoms with Gasteiger partial charge in [0.25, 0.3) is 11.8 Å². The molecular formula is C12H10N2O4. The molecule has 6 heteroatoms. The van der Waals surface area contributed by atoms with Gasteiger partial charge in [-0.2, -0.15) is 0 Å². The van der Waals surface area contributed by atoms with Crippen molar-refractivity contribution in [3.05, 3.63) is 42.5 Å². The number of carbonyl (C=O) groups excluding carboxylic acids is 3. The number of hydrogen-bond acceptors (Lipinski definition) is 4. The number of carbonyl (C=O) groups is 3. The fourth-order valence-corrected chi connectivity index (χ4v) is 1.48. The lowest BCUT2D eigenvalue weighted by Gasteiger charge is -2.20. The first-order valence-corrected chi connectivity index (χ1v) is 5.10. The highest BCUT2D eigenvalue weighted by Gasteiger charge is 2.42. The summed E-state index contributed by atoms with van der Waals surface area (Å²) in [5.41, 5.74) is -0.262. The molecule has 1 aromatic carbocycles. The molecule has 0 aliphatic carbocycles. The van der Waals surface area contributed by atoms with Crippen molar-refractivity contribution in [2.24, 2.45) is 0 Å². The van der Waals surface area contributed by atoms with Gasteiger partial charge in [0.05, 0.1) is 0 Å². The van der Waals surface area contributed by atoms with Crippen LogP contribution in [0.4, 0.5) is 4.79 Å². The molecule has 0 aromatic heterocycles. The van der Waals surface area contributed by atoms with Crippen LogP contribution in [0, 0.1) is 0 Å². The van der Waals surface area contributed by atoms with E-state index in [9.17, 15) is 14.4 Å². The molecule has 1 heterocycles. The second kappa shape index (κ2) is 4.33. The quantitative estimate of drug-likeness (QED) is 0.546. The molecule has 2 rings (SSSR count). The fraction of sp³-hybridized carbons (Fsp3) is 0.0833. The number of likely N-dealkylation sites (N-methyl/N-ethyl adjacent to an activating group) is 1. The van der Waals surface area contributed by atoms with Crippen LogP contribution >= 0.6 is 0 Å². The zero-order valence-corrected chi connectivity index (χ0v) is 9.62. The van der Waals surface area contributed by atoms with Gasteiger partial charge in [-0.15, -0.1) is 5.01 Å². The first-order chi connectivity index (χ1) is 8.52. The Balaban J connectivity index is 2.18. The van der Waals surface area contributed by atoms with Crippen molar-refractivity contribution in [1.29, 1.82) is 0 Å². The number of hydrazine groups is 1. The van der Waals surface area contributed by atoms with Crippen LogP contribution in [0.2, 0.25) is 0 Å². The van der Waals surface area contributed by atoms with Gasteiger partial charge < -0.3 is 4.74 Å². The minimum atomic E-state index is -0.944. The minimum absolute atomic E-state index is 0.262. The molecule has 1 aliphatic heterocycles. The van der Waals surface area contributed by atoms with Crippen molar-refractivity contribution in [2.45, 2.75) is 0 Å². The average molecular weight is 246 g/mol. The van der Waals surface area contributed by atoms with E-state index in [1.54, 1.807) is 30.3 Å². The van der Waals surface area contributed by atoms with Crippen LogP contribution in [0.1, 0.15) is 0 Å². The number of ether oxygens (including phenoxy) is 1. The van der Waals surface area contributed by atoms with Crippen LogP contribution in [-0.4, -0.2) is 35.0 Å². The number of nitrogens with zero attached hydrogens (tertiary/aromatic N) is 2. The molecule has 1 saturated heterocycles. The summed E-state index contributed by atoms with van der Waals surface area (Å²) in [5, 5.41) is 1.48. The fourth-order valence-electron chi connectivity index (χ4n) is 1.48. The Morgan fingerprint density at radius 2 is 1.78 bits per heavy atom. The SMILES string of the molecule is C=C1C(=O)N(C)N(C(=O)Oc2ccccc2)C1=O. The summed E-state index contributed by atoms with van der Waals surface area (Å²) < 4.78 is 4.97. The highest BCUT2D eigenvalue weighted by Crippen LogP contribution is 2.18. The van der Waals surface area contributed by atoms with E-state index in [1.807, 2.05) is 0 Å². The van der Waals surface area contributed by atoms with Crippen molar-refractivity contribution < 1.29 is 19.1 Å². The Morgan fingerprint density at radius 1 is 1.17 bits per heavy atom. The molecule has 0 unspecified atom stereocenters. The molecule has 0 atom stereocenters. The largest absolute Gasteiger partial charge is 0.442 e. The van der Waals surface area contributed by atoms with E-state index in [0.29, 0.717) is 5.01 Å². The van der Waals surface area contributed by atoms with E-state index >= 15 is 0 Å². The Bertz CT molecular complexity index is 538. The standard InChI is InChI=1S/C12H10N2O4/c1-8-10(15)13(2)14(11(8)16)12(17)18-9-6-4-3-5-7-9/h3-7H,1H2,2H3. The number of benzene rings is 1. The minimum Gasteiger partial charge on any atom is -0.409 e. The summed E-state index contributed by atoms with van der Waals surface area (Å²) in [5.74, 6) is -1.11. The molecule has 0 saturated carbocycles. The lowest BCUT2D eigenvalue weighted by atomic mass is 10.3. The van der Waals surface area contributed by atoms with E-state index < -0.39 is 17.9 Å². The molecule has 0 bridgehead atoms. The van der Waals surface area contributed by atoms with E-state index in [4.69, 9.17) is 4.74 Å². The molecule has 0 spiro atoms. The first kappa shape index (κ1) is 11.8. The number of imide groups is 1. The number of para-hydroxylation sites is 1. The van der Waals surface area contributed by atoms with Crippen LogP contribution in [0.25, 0.3) is 0 Å². The molecule has 3 amide bonds. The number of hydrogen-bond donors (Lipinski definition) is 0. The summed E-state index contributed by atoms with van der Waals surface area (Å²) in [6.45, 7) is 3.32. The van der Waals surface area contributed by atoms with Crippen molar-refractivity contribution in [3.8, 4) is 5.75 Å². The Hall–Kier alpha value is -2.63. The zero-order chi connectivity index (χ0) is 13.3. The van der Waals surface area contributed by atoms with Gasteiger partial charge in [-0.05, 0) is 12.1 Å². The smallest absolute Gasteiger partial charge is 0.409 e. The molecule has 0 N–H and O–H groups in total. The molecule has 6 nitrogen and oxygen atoms in total.